The van der Waals surface area contributed by atoms with Crippen molar-refractivity contribution in [2.75, 3.05) is 33.0 Å². The van der Waals surface area contributed by atoms with Gasteiger partial charge in [0.25, 0.3) is 0 Å². The van der Waals surface area contributed by atoms with Gasteiger partial charge in [-0.15, -0.1) is 0 Å². The Morgan fingerprint density at radius 1 is 1.23 bits per heavy atom. The highest BCUT2D eigenvalue weighted by Gasteiger charge is 2.16. The molecule has 0 saturated heterocycles. The third kappa shape index (κ3) is 7.52. The summed E-state index contributed by atoms with van der Waals surface area (Å²) in [5.74, 6) is 1.50. The zero-order valence-electron chi connectivity index (χ0n) is 18.3. The molecule has 1 aliphatic heterocycles. The summed E-state index contributed by atoms with van der Waals surface area (Å²) in [7, 11) is 0. The first-order valence-electron chi connectivity index (χ1n) is 10.8. The Morgan fingerprint density at radius 3 is 2.87 bits per heavy atom. The first-order valence-corrected chi connectivity index (χ1v) is 10.8. The molecule has 1 atom stereocenters. The summed E-state index contributed by atoms with van der Waals surface area (Å²) in [4.78, 5) is 4.66. The molecule has 2 aromatic rings. The van der Waals surface area contributed by atoms with Crippen molar-refractivity contribution in [2.24, 2.45) is 10.9 Å². The van der Waals surface area contributed by atoms with Crippen LogP contribution in [0.5, 0.6) is 5.75 Å². The lowest BCUT2D eigenvalue weighted by Gasteiger charge is -2.21. The fourth-order valence-corrected chi connectivity index (χ4v) is 3.35. The Balaban J connectivity index is 1.46. The van der Waals surface area contributed by atoms with E-state index in [1.54, 1.807) is 0 Å². The maximum atomic E-state index is 13.9. The van der Waals surface area contributed by atoms with E-state index < -0.39 is 0 Å². The van der Waals surface area contributed by atoms with Gasteiger partial charge in [-0.1, -0.05) is 37.3 Å². The number of guanidine groups is 1. The Morgan fingerprint density at radius 2 is 2.06 bits per heavy atom. The van der Waals surface area contributed by atoms with Crippen molar-refractivity contribution in [2.45, 2.75) is 33.5 Å². The smallest absolute Gasteiger partial charge is 0.191 e. The SMILES string of the molecule is CCNC(=NCC(C)COCc1ccccc1)NCCc1cc(F)cc2c1OCOC2. The Bertz CT molecular complexity index is 845. The van der Waals surface area contributed by atoms with Gasteiger partial charge in [0.15, 0.2) is 12.8 Å². The number of hydrogen-bond acceptors (Lipinski definition) is 4. The Hall–Kier alpha value is -2.64. The van der Waals surface area contributed by atoms with Crippen molar-refractivity contribution in [1.29, 1.82) is 0 Å². The summed E-state index contributed by atoms with van der Waals surface area (Å²) in [6, 6.07) is 13.1. The highest BCUT2D eigenvalue weighted by Crippen LogP contribution is 2.29. The minimum absolute atomic E-state index is 0.202. The van der Waals surface area contributed by atoms with E-state index in [4.69, 9.17) is 14.2 Å². The monoisotopic (exact) mass is 429 g/mol. The van der Waals surface area contributed by atoms with E-state index in [0.29, 0.717) is 45.2 Å². The molecule has 0 amide bonds. The summed E-state index contributed by atoms with van der Waals surface area (Å²) in [5, 5.41) is 6.57. The van der Waals surface area contributed by atoms with Gasteiger partial charge >= 0.3 is 0 Å². The minimum Gasteiger partial charge on any atom is -0.467 e. The second kappa shape index (κ2) is 12.3. The van der Waals surface area contributed by atoms with Crippen LogP contribution >= 0.6 is 0 Å². The number of hydrogen-bond donors (Lipinski definition) is 2. The van der Waals surface area contributed by atoms with Crippen molar-refractivity contribution in [3.05, 3.63) is 65.0 Å². The molecule has 7 heteroatoms. The van der Waals surface area contributed by atoms with Crippen LogP contribution in [0.15, 0.2) is 47.5 Å². The highest BCUT2D eigenvalue weighted by atomic mass is 19.1. The predicted octanol–water partition coefficient (Wildman–Crippen LogP) is 3.64. The maximum absolute atomic E-state index is 13.9. The van der Waals surface area contributed by atoms with Crippen molar-refractivity contribution in [3.8, 4) is 5.75 Å². The van der Waals surface area contributed by atoms with E-state index in [0.717, 1.165) is 29.4 Å². The predicted molar refractivity (Wildman–Crippen MR) is 120 cm³/mol. The van der Waals surface area contributed by atoms with Gasteiger partial charge in [-0.2, -0.15) is 0 Å². The van der Waals surface area contributed by atoms with E-state index >= 15 is 0 Å². The van der Waals surface area contributed by atoms with Gasteiger partial charge in [-0.25, -0.2) is 4.39 Å². The van der Waals surface area contributed by atoms with Gasteiger partial charge < -0.3 is 24.8 Å². The summed E-state index contributed by atoms with van der Waals surface area (Å²) >= 11 is 0. The summed E-state index contributed by atoms with van der Waals surface area (Å²) in [6.07, 6.45) is 0.625. The van der Waals surface area contributed by atoms with Crippen LogP contribution in [0.1, 0.15) is 30.5 Å². The van der Waals surface area contributed by atoms with Crippen LogP contribution in [0.4, 0.5) is 4.39 Å². The normalized spacial score (nSPS) is 14.5. The van der Waals surface area contributed by atoms with Crippen molar-refractivity contribution in [3.63, 3.8) is 0 Å². The van der Waals surface area contributed by atoms with Crippen LogP contribution in [0, 0.1) is 11.7 Å². The van der Waals surface area contributed by atoms with Gasteiger partial charge in [0.1, 0.15) is 11.6 Å². The molecule has 0 radical (unpaired) electrons. The number of halogens is 1. The number of benzene rings is 2. The van der Waals surface area contributed by atoms with E-state index in [-0.39, 0.29) is 12.6 Å². The molecule has 0 saturated carbocycles. The average Bonchev–Trinajstić information content (AvgIpc) is 2.78. The van der Waals surface area contributed by atoms with Gasteiger partial charge in [0.05, 0.1) is 19.8 Å². The number of rotatable bonds is 10. The van der Waals surface area contributed by atoms with E-state index in [1.807, 2.05) is 25.1 Å². The van der Waals surface area contributed by atoms with Gasteiger partial charge in [0, 0.05) is 25.2 Å². The average molecular weight is 430 g/mol. The molecule has 1 unspecified atom stereocenters. The molecular weight excluding hydrogens is 397 g/mol. The molecule has 0 bridgehead atoms. The molecule has 1 aliphatic rings. The first-order chi connectivity index (χ1) is 15.2. The standard InChI is InChI=1S/C24H32FN3O3/c1-3-26-24(28-13-18(2)14-29-15-19-7-5-4-6-8-19)27-10-9-20-11-22(25)12-21-16-30-17-31-23(20)21/h4-8,11-12,18H,3,9-10,13-17H2,1-2H3,(H2,26,27,28). The molecule has 3 rings (SSSR count). The molecule has 0 aliphatic carbocycles. The van der Waals surface area contributed by atoms with Crippen molar-refractivity contribution >= 4 is 5.96 Å². The fraction of sp³-hybridized carbons (Fsp3) is 0.458. The summed E-state index contributed by atoms with van der Waals surface area (Å²) in [5.41, 5.74) is 2.76. The molecule has 0 aromatic heterocycles. The van der Waals surface area contributed by atoms with Crippen LogP contribution in [-0.2, 0) is 29.1 Å². The lowest BCUT2D eigenvalue weighted by molar-refractivity contribution is -0.0172. The van der Waals surface area contributed by atoms with Crippen LogP contribution in [0.3, 0.4) is 0 Å². The lowest BCUT2D eigenvalue weighted by Crippen LogP contribution is -2.38. The van der Waals surface area contributed by atoms with E-state index in [9.17, 15) is 4.39 Å². The topological polar surface area (TPSA) is 64.1 Å². The second-order valence-corrected chi connectivity index (χ2v) is 7.67. The van der Waals surface area contributed by atoms with Crippen LogP contribution in [0.25, 0.3) is 0 Å². The molecule has 0 spiro atoms. The zero-order chi connectivity index (χ0) is 21.9. The summed E-state index contributed by atoms with van der Waals surface area (Å²) in [6.45, 7) is 8.02. The number of fused-ring (bicyclic) bond motifs is 1. The molecule has 168 valence electrons. The van der Waals surface area contributed by atoms with Crippen molar-refractivity contribution in [1.82, 2.24) is 10.6 Å². The van der Waals surface area contributed by atoms with Crippen LogP contribution < -0.4 is 15.4 Å². The second-order valence-electron chi connectivity index (χ2n) is 7.67. The van der Waals surface area contributed by atoms with Gasteiger partial charge in [0.2, 0.25) is 0 Å². The molecule has 2 aromatic carbocycles. The number of aliphatic imine (C=N–C) groups is 1. The molecule has 6 nitrogen and oxygen atoms in total. The third-order valence-electron chi connectivity index (χ3n) is 4.86. The molecule has 31 heavy (non-hydrogen) atoms. The quantitative estimate of drug-likeness (QED) is 0.446. The third-order valence-corrected chi connectivity index (χ3v) is 4.86. The Kier molecular flexibility index (Phi) is 9.12. The first kappa shape index (κ1) is 23.0. The van der Waals surface area contributed by atoms with Gasteiger partial charge in [-0.05, 0) is 42.5 Å². The summed E-state index contributed by atoms with van der Waals surface area (Å²) < 4.78 is 30.5. The molecule has 1 heterocycles. The largest absolute Gasteiger partial charge is 0.467 e. The lowest BCUT2D eigenvalue weighted by atomic mass is 10.1. The number of ether oxygens (including phenoxy) is 3. The molecule has 2 N–H and O–H groups in total. The van der Waals surface area contributed by atoms with Crippen LogP contribution in [0.2, 0.25) is 0 Å². The molecular formula is C24H32FN3O3. The highest BCUT2D eigenvalue weighted by molar-refractivity contribution is 5.79. The number of nitrogens with zero attached hydrogens (tertiary/aromatic N) is 1. The van der Waals surface area contributed by atoms with Crippen LogP contribution in [-0.4, -0.2) is 39.0 Å². The minimum atomic E-state index is -0.271. The van der Waals surface area contributed by atoms with E-state index in [2.05, 4.69) is 34.7 Å². The number of nitrogens with one attached hydrogen (secondary N) is 2. The fourth-order valence-electron chi connectivity index (χ4n) is 3.35. The maximum Gasteiger partial charge on any atom is 0.191 e. The van der Waals surface area contributed by atoms with E-state index in [1.165, 1.54) is 17.7 Å². The molecule has 0 fully saturated rings. The zero-order valence-corrected chi connectivity index (χ0v) is 18.3. The van der Waals surface area contributed by atoms with Gasteiger partial charge in [-0.3, -0.25) is 4.99 Å². The Labute approximate surface area is 183 Å². The van der Waals surface area contributed by atoms with Crippen molar-refractivity contribution < 1.29 is 18.6 Å².